The van der Waals surface area contributed by atoms with Crippen LogP contribution in [0.2, 0.25) is 0 Å². The molecule has 0 bridgehead atoms. The average molecular weight is 264 g/mol. The maximum atomic E-state index is 2.32. The maximum absolute atomic E-state index is 2.32. The maximum Gasteiger partial charge on any atom is 2.00 e. The van der Waals surface area contributed by atoms with Crippen LogP contribution in [0.1, 0.15) is 65.2 Å². The molecule has 0 unspecified atom stereocenters. The first-order valence-corrected chi connectivity index (χ1v) is 5.56. The molecule has 0 saturated heterocycles. The van der Waals surface area contributed by atoms with E-state index < -0.39 is 0 Å². The van der Waals surface area contributed by atoms with Crippen molar-refractivity contribution in [2.24, 2.45) is 0 Å². The van der Waals surface area contributed by atoms with Crippen molar-refractivity contribution in [1.82, 2.24) is 0 Å². The van der Waals surface area contributed by atoms with Gasteiger partial charge in [-0.25, -0.2) is 0 Å². The van der Waals surface area contributed by atoms with Crippen LogP contribution < -0.4 is 24.8 Å². The summed E-state index contributed by atoms with van der Waals surface area (Å²) in [5.74, 6) is 0. The van der Waals surface area contributed by atoms with Crippen LogP contribution >= 0.6 is 0 Å². The van der Waals surface area contributed by atoms with Gasteiger partial charge < -0.3 is 24.8 Å². The van der Waals surface area contributed by atoms with Crippen LogP contribution in [0.3, 0.4) is 0 Å². The third kappa shape index (κ3) is 25.4. The molecule has 0 aliphatic carbocycles. The number of rotatable bonds is 8. The molecule has 0 saturated carbocycles. The van der Waals surface area contributed by atoms with Gasteiger partial charge in [-0.2, -0.15) is 0 Å². The summed E-state index contributed by atoms with van der Waals surface area (Å²) in [4.78, 5) is 0. The largest absolute Gasteiger partial charge is 2.00 e. The predicted octanol–water partition coefficient (Wildman–Crippen LogP) is -1.67. The van der Waals surface area contributed by atoms with Crippen LogP contribution in [-0.4, -0.2) is 23.1 Å². The fraction of sp³-hybridized carbons (Fsp3) is 0.833. The Morgan fingerprint density at radius 3 is 1.80 bits per heavy atom. The van der Waals surface area contributed by atoms with Crippen molar-refractivity contribution in [3.63, 3.8) is 0 Å². The van der Waals surface area contributed by atoms with E-state index in [1.165, 1.54) is 51.4 Å². The molecule has 3 heteroatoms. The molecule has 0 heterocycles. The smallest absolute Gasteiger partial charge is 1.00 e. The third-order valence-electron chi connectivity index (χ3n) is 2.13. The molecule has 0 aliphatic heterocycles. The molecule has 0 aromatic rings. The number of halogens is 2. The summed E-state index contributed by atoms with van der Waals surface area (Å²) in [5.41, 5.74) is 0. The molecule has 0 aromatic heterocycles. The summed E-state index contributed by atoms with van der Waals surface area (Å²) in [6.45, 7) is 4.46. The zero-order valence-corrected chi connectivity index (χ0v) is 13.2. The SMILES string of the molecule is CC/C=C\CCCCCCCC.[Cl-].[Cl-].[Mg+2]. The molecule has 0 nitrogen and oxygen atoms in total. The Kier molecular flexibility index (Phi) is 40.7. The second-order valence-electron chi connectivity index (χ2n) is 3.44. The standard InChI is InChI=1S/C12H24.2ClH.Mg/c1-3-5-7-9-11-12-10-8-6-4-2;;;/h5,7H,3-4,6,8-12H2,1-2H3;2*1H;/q;;;+2/p-2/b7-5-;;;. The number of hydrogen-bond donors (Lipinski definition) is 0. The molecule has 0 fully saturated rings. The van der Waals surface area contributed by atoms with Gasteiger partial charge in [0.15, 0.2) is 0 Å². The van der Waals surface area contributed by atoms with E-state index in [2.05, 4.69) is 26.0 Å². The van der Waals surface area contributed by atoms with Gasteiger partial charge in [-0.05, 0) is 19.3 Å². The summed E-state index contributed by atoms with van der Waals surface area (Å²) < 4.78 is 0. The van der Waals surface area contributed by atoms with Gasteiger partial charge in [-0.15, -0.1) is 0 Å². The minimum atomic E-state index is 0. The number of allylic oxidation sites excluding steroid dienone is 2. The zero-order valence-electron chi connectivity index (χ0n) is 10.3. The van der Waals surface area contributed by atoms with Gasteiger partial charge in [0.25, 0.3) is 0 Å². The molecule has 0 N–H and O–H groups in total. The minimum absolute atomic E-state index is 0. The summed E-state index contributed by atoms with van der Waals surface area (Å²) >= 11 is 0. The van der Waals surface area contributed by atoms with E-state index in [1.54, 1.807) is 0 Å². The fourth-order valence-electron chi connectivity index (χ4n) is 1.33. The van der Waals surface area contributed by atoms with E-state index in [0.717, 1.165) is 0 Å². The summed E-state index contributed by atoms with van der Waals surface area (Å²) in [7, 11) is 0. The molecule has 0 rings (SSSR count). The van der Waals surface area contributed by atoms with Crippen molar-refractivity contribution in [2.45, 2.75) is 65.2 Å². The minimum Gasteiger partial charge on any atom is -1.00 e. The van der Waals surface area contributed by atoms with E-state index in [0.29, 0.717) is 0 Å². The van der Waals surface area contributed by atoms with E-state index in [4.69, 9.17) is 0 Å². The summed E-state index contributed by atoms with van der Waals surface area (Å²) in [6.07, 6.45) is 15.5. The Morgan fingerprint density at radius 2 is 1.27 bits per heavy atom. The Bertz CT molecular complexity index is 106. The van der Waals surface area contributed by atoms with Gasteiger partial charge in [0.2, 0.25) is 0 Å². The van der Waals surface area contributed by atoms with Crippen molar-refractivity contribution < 1.29 is 24.8 Å². The van der Waals surface area contributed by atoms with Crippen molar-refractivity contribution >= 4 is 23.1 Å². The van der Waals surface area contributed by atoms with Gasteiger partial charge in [0.05, 0.1) is 0 Å². The molecular weight excluding hydrogens is 239 g/mol. The van der Waals surface area contributed by atoms with Crippen LogP contribution in [0.4, 0.5) is 0 Å². The van der Waals surface area contributed by atoms with Gasteiger partial charge in [-0.1, -0.05) is 58.1 Å². The zero-order chi connectivity index (χ0) is 9.07. The monoisotopic (exact) mass is 262 g/mol. The van der Waals surface area contributed by atoms with Crippen LogP contribution in [0.15, 0.2) is 12.2 Å². The Balaban J connectivity index is -0.000000202. The molecule has 0 amide bonds. The predicted molar refractivity (Wildman–Crippen MR) is 63.2 cm³/mol. The van der Waals surface area contributed by atoms with Crippen molar-refractivity contribution in [1.29, 1.82) is 0 Å². The first-order valence-electron chi connectivity index (χ1n) is 5.56. The van der Waals surface area contributed by atoms with Crippen LogP contribution in [-0.2, 0) is 0 Å². The van der Waals surface area contributed by atoms with E-state index in [9.17, 15) is 0 Å². The topological polar surface area (TPSA) is 0 Å². The number of unbranched alkanes of at least 4 members (excludes halogenated alkanes) is 6. The van der Waals surface area contributed by atoms with E-state index in [1.807, 2.05) is 0 Å². The molecule has 88 valence electrons. The van der Waals surface area contributed by atoms with Crippen molar-refractivity contribution in [3.8, 4) is 0 Å². The Hall–Kier alpha value is 1.09. The van der Waals surface area contributed by atoms with Gasteiger partial charge >= 0.3 is 23.1 Å². The summed E-state index contributed by atoms with van der Waals surface area (Å²) in [6, 6.07) is 0. The van der Waals surface area contributed by atoms with Crippen molar-refractivity contribution in [3.05, 3.63) is 12.2 Å². The molecule has 0 atom stereocenters. The molecule has 0 radical (unpaired) electrons. The molecule has 0 aliphatic rings. The first kappa shape index (κ1) is 25.1. The van der Waals surface area contributed by atoms with Crippen LogP contribution in [0.5, 0.6) is 0 Å². The van der Waals surface area contributed by atoms with Gasteiger partial charge in [-0.3, -0.25) is 0 Å². The quantitative estimate of drug-likeness (QED) is 0.279. The normalized spacial score (nSPS) is 8.93. The molecular formula is C12H24Cl2Mg. The molecule has 15 heavy (non-hydrogen) atoms. The second kappa shape index (κ2) is 24.4. The van der Waals surface area contributed by atoms with Gasteiger partial charge in [0.1, 0.15) is 0 Å². The van der Waals surface area contributed by atoms with Crippen molar-refractivity contribution in [2.75, 3.05) is 0 Å². The van der Waals surface area contributed by atoms with Gasteiger partial charge in [0, 0.05) is 0 Å². The Morgan fingerprint density at radius 1 is 0.733 bits per heavy atom. The Labute approximate surface area is 125 Å². The number of hydrogen-bond acceptors (Lipinski definition) is 0. The second-order valence-corrected chi connectivity index (χ2v) is 3.44. The fourth-order valence-corrected chi connectivity index (χ4v) is 1.33. The van der Waals surface area contributed by atoms with Crippen LogP contribution in [0, 0.1) is 0 Å². The first-order chi connectivity index (χ1) is 5.91. The van der Waals surface area contributed by atoms with E-state index in [-0.39, 0.29) is 47.9 Å². The summed E-state index contributed by atoms with van der Waals surface area (Å²) in [5, 5.41) is 0. The molecule has 0 spiro atoms. The van der Waals surface area contributed by atoms with E-state index >= 15 is 0 Å². The molecule has 0 aromatic carbocycles. The average Bonchev–Trinajstić information content (AvgIpc) is 2.10. The van der Waals surface area contributed by atoms with Crippen LogP contribution in [0.25, 0.3) is 0 Å². The third-order valence-corrected chi connectivity index (χ3v) is 2.13.